The molecule has 17 nitrogen and oxygen atoms in total. The second-order valence-electron chi connectivity index (χ2n) is 20.8. The number of aliphatic hydroxyl groups is 1. The topological polar surface area (TPSA) is 207 Å². The van der Waals surface area contributed by atoms with Crippen molar-refractivity contribution in [3.05, 3.63) is 129 Å². The van der Waals surface area contributed by atoms with Crippen LogP contribution in [0.3, 0.4) is 0 Å². The van der Waals surface area contributed by atoms with Gasteiger partial charge in [0.15, 0.2) is 11.6 Å². The van der Waals surface area contributed by atoms with Gasteiger partial charge >= 0.3 is 5.97 Å². The summed E-state index contributed by atoms with van der Waals surface area (Å²) < 4.78 is 19.6. The van der Waals surface area contributed by atoms with Crippen LogP contribution in [0.2, 0.25) is 0 Å². The number of esters is 1. The lowest BCUT2D eigenvalue weighted by Crippen LogP contribution is -2.57. The molecule has 0 bridgehead atoms. The highest BCUT2D eigenvalue weighted by atomic mass is 32.1. The maximum absolute atomic E-state index is 14.4. The Morgan fingerprint density at radius 3 is 2.39 bits per heavy atom. The Balaban J connectivity index is 0.783. The van der Waals surface area contributed by atoms with Crippen molar-refractivity contribution in [1.29, 1.82) is 0 Å². The number of nitrogens with one attached hydrogen (secondary N) is 2. The minimum absolute atomic E-state index is 0.0215. The number of aliphatic hydroxyl groups excluding tert-OH is 1. The first kappa shape index (κ1) is 51.3. The molecule has 3 aliphatic rings. The first-order chi connectivity index (χ1) is 35.8. The predicted octanol–water partition coefficient (Wildman–Crippen LogP) is 8.53. The van der Waals surface area contributed by atoms with Crippen LogP contribution >= 0.6 is 22.7 Å². The van der Waals surface area contributed by atoms with Gasteiger partial charge < -0.3 is 39.4 Å². The number of anilines is 1. The van der Waals surface area contributed by atoms with E-state index in [0.717, 1.165) is 73.6 Å². The van der Waals surface area contributed by atoms with Gasteiger partial charge in [-0.3, -0.25) is 28.7 Å². The quantitative estimate of drug-likeness (QED) is 0.0930. The number of nitrogens with zero attached hydrogens (tertiary/aromatic N) is 7. The standard InChI is InChI=1S/C56H61N9O8S2/c1-29-32(4)75-55-47(29)48(59-42(25-46(67)71-9)51-62-61-33(5)65(51)55)35-14-16-38(17-15-35)63-21-20-41(27-63)72-40-18-19-44-37(22-40)23-45(73-44)53(69)60-50(56(6,7)8)54(70)64-26-39(66)24-43(64)52(68)58-30(2)34-10-12-36(13-11-34)49-31(3)57-28-74-49/h10-19,22-23,28,30,39,41-43,50,66H,20-21,24-27H2,1-9H3,(H,58,68)(H,60,69)/t30-,39+,41+,42-,43-,50?/m0/s1. The Bertz CT molecular complexity index is 3350. The average molecular weight is 1050 g/mol. The van der Waals surface area contributed by atoms with Gasteiger partial charge in [0.25, 0.3) is 5.91 Å². The second kappa shape index (κ2) is 20.5. The highest BCUT2D eigenvalue weighted by Gasteiger charge is 2.45. The number of aryl methyl sites for hydroxylation is 3. The Labute approximate surface area is 443 Å². The van der Waals surface area contributed by atoms with Crippen LogP contribution in [-0.2, 0) is 19.1 Å². The van der Waals surface area contributed by atoms with Crippen molar-refractivity contribution in [1.82, 2.24) is 35.3 Å². The van der Waals surface area contributed by atoms with Gasteiger partial charge in [-0.2, -0.15) is 0 Å². The number of carbonyl (C=O) groups is 4. The van der Waals surface area contributed by atoms with E-state index in [9.17, 15) is 24.3 Å². The van der Waals surface area contributed by atoms with Crippen LogP contribution in [0.15, 0.2) is 87.7 Å². The molecule has 3 aromatic carbocycles. The molecule has 0 radical (unpaired) electrons. The number of hydrogen-bond acceptors (Lipinski definition) is 15. The number of carbonyl (C=O) groups excluding carboxylic acids is 4. The summed E-state index contributed by atoms with van der Waals surface area (Å²) in [6.45, 7) is 16.9. The normalized spacial score (nSPS) is 19.3. The fourth-order valence-corrected chi connectivity index (χ4v) is 12.3. The summed E-state index contributed by atoms with van der Waals surface area (Å²) in [6.07, 6.45) is -0.127. The molecule has 1 unspecified atom stereocenters. The monoisotopic (exact) mass is 1050 g/mol. The third-order valence-corrected chi connectivity index (χ3v) is 16.7. The zero-order chi connectivity index (χ0) is 53.0. The molecule has 75 heavy (non-hydrogen) atoms. The van der Waals surface area contributed by atoms with E-state index in [-0.39, 0.29) is 49.2 Å². The van der Waals surface area contributed by atoms with Crippen LogP contribution in [0.25, 0.3) is 26.4 Å². The lowest BCUT2D eigenvalue weighted by atomic mass is 9.85. The van der Waals surface area contributed by atoms with Gasteiger partial charge in [-0.15, -0.1) is 32.9 Å². The molecule has 2 fully saturated rings. The molecular weight excluding hydrogens is 991 g/mol. The van der Waals surface area contributed by atoms with E-state index in [2.05, 4.69) is 68.8 Å². The van der Waals surface area contributed by atoms with Gasteiger partial charge in [0.1, 0.15) is 46.4 Å². The van der Waals surface area contributed by atoms with Crippen molar-refractivity contribution in [2.45, 2.75) is 111 Å². The number of aromatic nitrogens is 4. The molecule has 7 aromatic rings. The molecular formula is C56H61N9O8S2. The number of fused-ring (bicyclic) bond motifs is 4. The molecule has 3 amide bonds. The molecule has 390 valence electrons. The maximum atomic E-state index is 14.4. The molecule has 10 rings (SSSR count). The number of aliphatic imine (C=N–C) groups is 1. The van der Waals surface area contributed by atoms with Gasteiger partial charge in [-0.25, -0.2) is 4.98 Å². The number of benzene rings is 3. The Kier molecular flexibility index (Phi) is 14.0. The minimum Gasteiger partial charge on any atom is -0.488 e. The predicted molar refractivity (Wildman–Crippen MR) is 288 cm³/mol. The summed E-state index contributed by atoms with van der Waals surface area (Å²) in [5.41, 5.74) is 9.30. The van der Waals surface area contributed by atoms with E-state index in [0.29, 0.717) is 29.1 Å². The van der Waals surface area contributed by atoms with Crippen molar-refractivity contribution in [3.63, 3.8) is 0 Å². The Morgan fingerprint density at radius 2 is 1.68 bits per heavy atom. The van der Waals surface area contributed by atoms with E-state index < -0.39 is 41.5 Å². The summed E-state index contributed by atoms with van der Waals surface area (Å²) in [5, 5.41) is 27.2. The van der Waals surface area contributed by atoms with Crippen molar-refractivity contribution >= 4 is 68.7 Å². The lowest BCUT2D eigenvalue weighted by molar-refractivity contribution is -0.142. The maximum Gasteiger partial charge on any atom is 0.308 e. The first-order valence-corrected chi connectivity index (χ1v) is 26.9. The van der Waals surface area contributed by atoms with Crippen LogP contribution in [0.5, 0.6) is 5.75 Å². The zero-order valence-corrected chi connectivity index (χ0v) is 45.1. The van der Waals surface area contributed by atoms with Gasteiger partial charge in [0, 0.05) is 53.0 Å². The molecule has 0 aliphatic carbocycles. The smallest absolute Gasteiger partial charge is 0.308 e. The van der Waals surface area contributed by atoms with Gasteiger partial charge in [0.2, 0.25) is 11.8 Å². The number of rotatable bonds is 13. The number of thiazole rings is 1. The van der Waals surface area contributed by atoms with Gasteiger partial charge in [-0.1, -0.05) is 57.2 Å². The minimum atomic E-state index is -1.05. The number of likely N-dealkylation sites (tertiary alicyclic amines) is 1. The van der Waals surface area contributed by atoms with Gasteiger partial charge in [-0.05, 0) is 93.1 Å². The van der Waals surface area contributed by atoms with Crippen molar-refractivity contribution in [2.75, 3.05) is 31.6 Å². The first-order valence-electron chi connectivity index (χ1n) is 25.2. The fourth-order valence-electron chi connectivity index (χ4n) is 10.3. The molecule has 2 saturated heterocycles. The molecule has 3 N–H and O–H groups in total. The van der Waals surface area contributed by atoms with Crippen LogP contribution in [0.1, 0.15) is 114 Å². The molecule has 7 heterocycles. The fraction of sp³-hybridized carbons (Fsp3) is 0.393. The van der Waals surface area contributed by atoms with E-state index in [1.807, 2.05) is 88.0 Å². The molecule has 4 aromatic heterocycles. The van der Waals surface area contributed by atoms with E-state index in [1.165, 1.54) is 16.9 Å². The largest absolute Gasteiger partial charge is 0.488 e. The van der Waals surface area contributed by atoms with Crippen molar-refractivity contribution in [3.8, 4) is 21.2 Å². The summed E-state index contributed by atoms with van der Waals surface area (Å²) in [7, 11) is 1.38. The number of furan rings is 1. The highest BCUT2D eigenvalue weighted by molar-refractivity contribution is 7.15. The summed E-state index contributed by atoms with van der Waals surface area (Å²) >= 11 is 3.24. The Hall–Kier alpha value is -7.22. The summed E-state index contributed by atoms with van der Waals surface area (Å²) in [5.74, 6) is 0.167. The number of hydrogen-bond donors (Lipinski definition) is 3. The molecule has 0 saturated carbocycles. The number of ether oxygens (including phenoxy) is 2. The molecule has 6 atom stereocenters. The third kappa shape index (κ3) is 10.2. The van der Waals surface area contributed by atoms with Crippen LogP contribution in [0.4, 0.5) is 5.69 Å². The Morgan fingerprint density at radius 1 is 0.933 bits per heavy atom. The van der Waals surface area contributed by atoms with E-state index in [1.54, 1.807) is 34.8 Å². The molecule has 0 spiro atoms. The molecule has 3 aliphatic heterocycles. The highest BCUT2D eigenvalue weighted by Crippen LogP contribution is 2.40. The van der Waals surface area contributed by atoms with Gasteiger partial charge in [0.05, 0.1) is 54.0 Å². The third-order valence-electron chi connectivity index (χ3n) is 14.5. The second-order valence-corrected chi connectivity index (χ2v) is 22.9. The zero-order valence-electron chi connectivity index (χ0n) is 43.5. The van der Waals surface area contributed by atoms with E-state index >= 15 is 0 Å². The number of β-amino-alcohol motifs (C(OH)–C–C–N with tert-alkyl or cyclic N) is 1. The van der Waals surface area contributed by atoms with E-state index in [4.69, 9.17) is 18.9 Å². The van der Waals surface area contributed by atoms with Crippen molar-refractivity contribution in [2.24, 2.45) is 10.4 Å². The number of thiophene rings is 1. The summed E-state index contributed by atoms with van der Waals surface area (Å²) in [4.78, 5) is 70.3. The summed E-state index contributed by atoms with van der Waals surface area (Å²) in [6, 6.07) is 20.4. The SMILES string of the molecule is COC(=O)C[C@@H]1N=C(c2ccc(N3CC[C@@H](Oc4ccc5oc(C(=O)NC(C(=O)N6C[C@H](O)C[C@H]6C(=O)N[C@@H](C)c6ccc(-c7scnc7C)cc6)C(C)(C)C)cc5c4)C3)cc2)c2c(sc(C)c2C)-n2c(C)nnc21. The average Bonchev–Trinajstić information content (AvgIpc) is 4.28. The van der Waals surface area contributed by atoms with Crippen molar-refractivity contribution < 1.29 is 38.2 Å². The molecule has 19 heteroatoms. The number of methoxy groups -OCH3 is 1. The lowest BCUT2D eigenvalue weighted by Gasteiger charge is -2.35. The van der Waals surface area contributed by atoms with Crippen LogP contribution < -0.4 is 20.3 Å². The number of amides is 3. The van der Waals surface area contributed by atoms with Crippen LogP contribution in [-0.4, -0.2) is 110 Å². The van der Waals surface area contributed by atoms with Crippen LogP contribution in [0, 0.1) is 33.1 Å².